The van der Waals surface area contributed by atoms with Crippen molar-refractivity contribution in [1.82, 2.24) is 0 Å². The molecule has 3 aromatic rings. The molecule has 0 saturated carbocycles. The SMILES string of the molecule is CCCc1ccc(-c2ccc(NCc3ccc(N(C)CC#N)cc3)cc2)cc1. The van der Waals surface area contributed by atoms with Crippen LogP contribution in [0.4, 0.5) is 11.4 Å². The minimum Gasteiger partial charge on any atom is -0.381 e. The number of nitriles is 1. The first kappa shape index (κ1) is 19.5. The lowest BCUT2D eigenvalue weighted by atomic mass is 10.0. The third-order valence-electron chi connectivity index (χ3n) is 4.89. The van der Waals surface area contributed by atoms with E-state index in [1.807, 2.05) is 11.9 Å². The van der Waals surface area contributed by atoms with E-state index in [2.05, 4.69) is 91.1 Å². The summed E-state index contributed by atoms with van der Waals surface area (Å²) in [6.45, 7) is 3.37. The van der Waals surface area contributed by atoms with Crippen LogP contribution in [0, 0.1) is 11.3 Å². The summed E-state index contributed by atoms with van der Waals surface area (Å²) in [5.41, 5.74) is 7.26. The summed E-state index contributed by atoms with van der Waals surface area (Å²) in [5.74, 6) is 0. The van der Waals surface area contributed by atoms with Gasteiger partial charge in [0.2, 0.25) is 0 Å². The molecule has 0 aliphatic heterocycles. The van der Waals surface area contributed by atoms with Crippen molar-refractivity contribution in [2.75, 3.05) is 23.8 Å². The van der Waals surface area contributed by atoms with Crippen molar-refractivity contribution < 1.29 is 0 Å². The van der Waals surface area contributed by atoms with Crippen LogP contribution < -0.4 is 10.2 Å². The number of benzene rings is 3. The zero-order valence-electron chi connectivity index (χ0n) is 16.7. The molecule has 0 amide bonds. The van der Waals surface area contributed by atoms with E-state index in [0.29, 0.717) is 6.54 Å². The Morgan fingerprint density at radius 1 is 0.821 bits per heavy atom. The maximum Gasteiger partial charge on any atom is 0.105 e. The predicted octanol–water partition coefficient (Wildman–Crippen LogP) is 5.88. The van der Waals surface area contributed by atoms with Gasteiger partial charge in [-0.3, -0.25) is 0 Å². The van der Waals surface area contributed by atoms with E-state index in [4.69, 9.17) is 5.26 Å². The zero-order valence-corrected chi connectivity index (χ0v) is 16.7. The minimum atomic E-state index is 0.394. The van der Waals surface area contributed by atoms with Crippen LogP contribution in [0.15, 0.2) is 72.8 Å². The van der Waals surface area contributed by atoms with Crippen LogP contribution in [-0.2, 0) is 13.0 Å². The molecule has 0 aliphatic rings. The van der Waals surface area contributed by atoms with Crippen LogP contribution in [0.25, 0.3) is 11.1 Å². The smallest absolute Gasteiger partial charge is 0.105 e. The highest BCUT2D eigenvalue weighted by Gasteiger charge is 2.02. The number of rotatable bonds is 8. The van der Waals surface area contributed by atoms with Crippen molar-refractivity contribution in [2.45, 2.75) is 26.3 Å². The highest BCUT2D eigenvalue weighted by atomic mass is 15.1. The van der Waals surface area contributed by atoms with Gasteiger partial charge in [0.25, 0.3) is 0 Å². The van der Waals surface area contributed by atoms with E-state index in [1.165, 1.54) is 28.7 Å². The Hall–Kier alpha value is -3.25. The number of anilines is 2. The quantitative estimate of drug-likeness (QED) is 0.504. The number of nitrogens with zero attached hydrogens (tertiary/aromatic N) is 2. The van der Waals surface area contributed by atoms with Crippen molar-refractivity contribution in [3.63, 3.8) is 0 Å². The Bertz CT molecular complexity index is 904. The van der Waals surface area contributed by atoms with E-state index in [0.717, 1.165) is 24.3 Å². The van der Waals surface area contributed by atoms with Crippen LogP contribution in [0.5, 0.6) is 0 Å². The molecule has 142 valence electrons. The van der Waals surface area contributed by atoms with Crippen molar-refractivity contribution in [3.05, 3.63) is 83.9 Å². The third-order valence-corrected chi connectivity index (χ3v) is 4.89. The molecule has 0 radical (unpaired) electrons. The molecule has 3 nitrogen and oxygen atoms in total. The van der Waals surface area contributed by atoms with Gasteiger partial charge in [-0.2, -0.15) is 5.26 Å². The number of hydrogen-bond acceptors (Lipinski definition) is 3. The Labute approximate surface area is 168 Å². The largest absolute Gasteiger partial charge is 0.381 e. The first-order chi connectivity index (χ1) is 13.7. The van der Waals surface area contributed by atoms with E-state index in [1.54, 1.807) is 0 Å². The van der Waals surface area contributed by atoms with Gasteiger partial charge in [0.1, 0.15) is 6.54 Å². The molecule has 0 heterocycles. The average Bonchev–Trinajstić information content (AvgIpc) is 2.74. The lowest BCUT2D eigenvalue weighted by Gasteiger charge is -2.15. The molecule has 0 aromatic heterocycles. The first-order valence-corrected chi connectivity index (χ1v) is 9.80. The molecule has 1 N–H and O–H groups in total. The molecule has 0 bridgehead atoms. The Kier molecular flexibility index (Phi) is 6.70. The van der Waals surface area contributed by atoms with Crippen LogP contribution in [0.1, 0.15) is 24.5 Å². The summed E-state index contributed by atoms with van der Waals surface area (Å²) < 4.78 is 0. The molecule has 28 heavy (non-hydrogen) atoms. The van der Waals surface area contributed by atoms with Gasteiger partial charge in [-0.1, -0.05) is 61.9 Å². The summed E-state index contributed by atoms with van der Waals surface area (Å²) >= 11 is 0. The number of hydrogen-bond donors (Lipinski definition) is 1. The summed E-state index contributed by atoms with van der Waals surface area (Å²) in [7, 11) is 1.93. The van der Waals surface area contributed by atoms with Gasteiger partial charge < -0.3 is 10.2 Å². The standard InChI is InChI=1S/C25H27N3/c1-3-4-20-5-9-22(10-6-20)23-11-13-24(14-12-23)27-19-21-7-15-25(16-8-21)28(2)18-17-26/h5-16,27H,3-4,18-19H2,1-2H3. The van der Waals surface area contributed by atoms with Gasteiger partial charge in [-0.05, 0) is 52.9 Å². The maximum atomic E-state index is 8.79. The molecular formula is C25H27N3. The van der Waals surface area contributed by atoms with Crippen molar-refractivity contribution in [2.24, 2.45) is 0 Å². The Morgan fingerprint density at radius 2 is 1.39 bits per heavy atom. The second-order valence-corrected chi connectivity index (χ2v) is 7.06. The van der Waals surface area contributed by atoms with Gasteiger partial charge in [-0.25, -0.2) is 0 Å². The van der Waals surface area contributed by atoms with E-state index in [-0.39, 0.29) is 0 Å². The highest BCUT2D eigenvalue weighted by Crippen LogP contribution is 2.23. The molecule has 0 fully saturated rings. The normalized spacial score (nSPS) is 10.3. The van der Waals surface area contributed by atoms with E-state index in [9.17, 15) is 0 Å². The van der Waals surface area contributed by atoms with E-state index < -0.39 is 0 Å². The Balaban J connectivity index is 1.58. The van der Waals surface area contributed by atoms with Gasteiger partial charge >= 0.3 is 0 Å². The number of nitrogens with one attached hydrogen (secondary N) is 1. The lowest BCUT2D eigenvalue weighted by Crippen LogP contribution is -2.16. The molecule has 0 unspecified atom stereocenters. The monoisotopic (exact) mass is 369 g/mol. The van der Waals surface area contributed by atoms with Crippen LogP contribution in [0.3, 0.4) is 0 Å². The van der Waals surface area contributed by atoms with Gasteiger partial charge in [-0.15, -0.1) is 0 Å². The second-order valence-electron chi connectivity index (χ2n) is 7.06. The second kappa shape index (κ2) is 9.62. The topological polar surface area (TPSA) is 39.1 Å². The fraction of sp³-hybridized carbons (Fsp3) is 0.240. The van der Waals surface area contributed by atoms with Gasteiger partial charge in [0, 0.05) is 25.0 Å². The average molecular weight is 370 g/mol. The molecule has 0 spiro atoms. The fourth-order valence-electron chi connectivity index (χ4n) is 3.20. The van der Waals surface area contributed by atoms with Crippen molar-refractivity contribution in [3.8, 4) is 17.2 Å². The van der Waals surface area contributed by atoms with Crippen LogP contribution >= 0.6 is 0 Å². The Morgan fingerprint density at radius 3 is 1.96 bits per heavy atom. The molecular weight excluding hydrogens is 342 g/mol. The number of aryl methyl sites for hydroxylation is 1. The predicted molar refractivity (Wildman–Crippen MR) is 119 cm³/mol. The summed E-state index contributed by atoms with van der Waals surface area (Å²) in [4.78, 5) is 1.94. The van der Waals surface area contributed by atoms with E-state index >= 15 is 0 Å². The molecule has 0 saturated heterocycles. The lowest BCUT2D eigenvalue weighted by molar-refractivity contribution is 0.922. The first-order valence-electron chi connectivity index (χ1n) is 9.80. The van der Waals surface area contributed by atoms with Crippen molar-refractivity contribution in [1.29, 1.82) is 5.26 Å². The van der Waals surface area contributed by atoms with Crippen molar-refractivity contribution >= 4 is 11.4 Å². The fourth-order valence-corrected chi connectivity index (χ4v) is 3.20. The third kappa shape index (κ3) is 5.14. The zero-order chi connectivity index (χ0) is 19.8. The molecule has 3 rings (SSSR count). The highest BCUT2D eigenvalue weighted by molar-refractivity contribution is 5.66. The van der Waals surface area contributed by atoms with Crippen LogP contribution in [-0.4, -0.2) is 13.6 Å². The molecule has 3 heteroatoms. The summed E-state index contributed by atoms with van der Waals surface area (Å²) in [6, 6.07) is 27.9. The maximum absolute atomic E-state index is 8.79. The van der Waals surface area contributed by atoms with Gasteiger partial charge in [0.05, 0.1) is 6.07 Å². The van der Waals surface area contributed by atoms with Gasteiger partial charge in [0.15, 0.2) is 0 Å². The minimum absolute atomic E-state index is 0.394. The molecule has 0 aliphatic carbocycles. The summed E-state index contributed by atoms with van der Waals surface area (Å²) in [5, 5.41) is 12.3. The molecule has 0 atom stereocenters. The van der Waals surface area contributed by atoms with Crippen LogP contribution in [0.2, 0.25) is 0 Å². The molecule has 3 aromatic carbocycles. The summed E-state index contributed by atoms with van der Waals surface area (Å²) in [6.07, 6.45) is 2.32.